The second-order valence-electron chi connectivity index (χ2n) is 5.53. The monoisotopic (exact) mass is 313 g/mol. The second-order valence-corrected chi connectivity index (χ2v) is 6.39. The van der Waals surface area contributed by atoms with Crippen LogP contribution in [0.1, 0.15) is 40.7 Å². The van der Waals surface area contributed by atoms with E-state index in [2.05, 4.69) is 10.1 Å². The zero-order valence-electron chi connectivity index (χ0n) is 12.2. The van der Waals surface area contributed by atoms with Gasteiger partial charge in [0.1, 0.15) is 0 Å². The molecule has 1 aliphatic heterocycles. The first-order valence-electron chi connectivity index (χ1n) is 7.30. The van der Waals surface area contributed by atoms with Crippen LogP contribution in [0.4, 0.5) is 0 Å². The maximum atomic E-state index is 13.0. The van der Waals surface area contributed by atoms with Crippen LogP contribution < -0.4 is 0 Å². The van der Waals surface area contributed by atoms with Crippen LogP contribution in [0, 0.1) is 6.92 Å². The van der Waals surface area contributed by atoms with Gasteiger partial charge in [-0.2, -0.15) is 0 Å². The average molecular weight is 313 g/mol. The highest BCUT2D eigenvalue weighted by Gasteiger charge is 2.33. The molecule has 0 aliphatic carbocycles. The third-order valence-electron chi connectivity index (χ3n) is 4.08. The van der Waals surface area contributed by atoms with E-state index in [0.29, 0.717) is 0 Å². The fourth-order valence-electron chi connectivity index (χ4n) is 3.06. The molecule has 0 radical (unpaired) electrons. The molecule has 22 heavy (non-hydrogen) atoms. The van der Waals surface area contributed by atoms with Crippen LogP contribution in [0.15, 0.2) is 34.3 Å². The Bertz CT molecular complexity index is 839. The van der Waals surface area contributed by atoms with E-state index in [1.165, 1.54) is 11.3 Å². The number of carbonyl (C=O) groups is 1. The molecule has 0 N–H and O–H groups in total. The van der Waals surface area contributed by atoms with E-state index in [0.717, 1.165) is 46.6 Å². The van der Waals surface area contributed by atoms with Gasteiger partial charge in [0.15, 0.2) is 5.76 Å². The summed E-state index contributed by atoms with van der Waals surface area (Å²) >= 11 is 1.51. The van der Waals surface area contributed by atoms with E-state index in [1.807, 2.05) is 36.1 Å². The quantitative estimate of drug-likeness (QED) is 0.725. The van der Waals surface area contributed by atoms with E-state index in [1.54, 1.807) is 5.51 Å². The van der Waals surface area contributed by atoms with Crippen molar-refractivity contribution in [3.63, 3.8) is 0 Å². The van der Waals surface area contributed by atoms with E-state index in [9.17, 15) is 4.79 Å². The predicted octanol–water partition coefficient (Wildman–Crippen LogP) is 3.57. The molecule has 3 heterocycles. The lowest BCUT2D eigenvalue weighted by Gasteiger charge is -2.22. The van der Waals surface area contributed by atoms with Crippen LogP contribution in [0.25, 0.3) is 10.2 Å². The van der Waals surface area contributed by atoms with Gasteiger partial charge in [0.25, 0.3) is 5.91 Å². The summed E-state index contributed by atoms with van der Waals surface area (Å²) in [5.74, 6) is 0.825. The van der Waals surface area contributed by atoms with Gasteiger partial charge in [-0.1, -0.05) is 11.2 Å². The zero-order chi connectivity index (χ0) is 15.1. The molecule has 1 aliphatic rings. The van der Waals surface area contributed by atoms with E-state index in [-0.39, 0.29) is 11.9 Å². The number of hydrogen-bond donors (Lipinski definition) is 0. The normalized spacial score (nSPS) is 18.2. The molecule has 2 aromatic heterocycles. The standard InChI is InChI=1S/C16H15N3O2S/c1-10-8-14(21-18-10)13-6-3-7-19(13)16(20)11-4-2-5-12-15(11)22-9-17-12/h2,4-5,8-9,13H,3,6-7H2,1H3. The van der Waals surface area contributed by atoms with Crippen molar-refractivity contribution in [2.75, 3.05) is 6.54 Å². The summed E-state index contributed by atoms with van der Waals surface area (Å²) in [5, 5.41) is 3.95. The molecule has 112 valence electrons. The number of aromatic nitrogens is 2. The van der Waals surface area contributed by atoms with E-state index < -0.39 is 0 Å². The molecule has 1 atom stereocenters. The Hall–Kier alpha value is -2.21. The number of amides is 1. The Morgan fingerprint density at radius 3 is 3.18 bits per heavy atom. The largest absolute Gasteiger partial charge is 0.359 e. The summed E-state index contributed by atoms with van der Waals surface area (Å²) in [7, 11) is 0. The topological polar surface area (TPSA) is 59.2 Å². The van der Waals surface area contributed by atoms with Crippen molar-refractivity contribution in [2.24, 2.45) is 0 Å². The van der Waals surface area contributed by atoms with Gasteiger partial charge in [0.2, 0.25) is 0 Å². The van der Waals surface area contributed by atoms with Gasteiger partial charge in [0, 0.05) is 12.6 Å². The summed E-state index contributed by atoms with van der Waals surface area (Å²) in [4.78, 5) is 19.2. The van der Waals surface area contributed by atoms with Gasteiger partial charge in [-0.25, -0.2) is 4.98 Å². The van der Waals surface area contributed by atoms with Crippen molar-refractivity contribution in [2.45, 2.75) is 25.8 Å². The Labute approximate surface area is 131 Å². The highest BCUT2D eigenvalue weighted by atomic mass is 32.1. The second kappa shape index (κ2) is 5.21. The van der Waals surface area contributed by atoms with Gasteiger partial charge >= 0.3 is 0 Å². The molecule has 1 unspecified atom stereocenters. The third-order valence-corrected chi connectivity index (χ3v) is 4.95. The van der Waals surface area contributed by atoms with Crippen LogP contribution in [0.3, 0.4) is 0 Å². The minimum atomic E-state index is -0.0168. The summed E-state index contributed by atoms with van der Waals surface area (Å²) in [6.07, 6.45) is 1.90. The average Bonchev–Trinajstić information content (AvgIpc) is 3.25. The van der Waals surface area contributed by atoms with Gasteiger partial charge in [-0.15, -0.1) is 11.3 Å². The number of hydrogen-bond acceptors (Lipinski definition) is 5. The lowest BCUT2D eigenvalue weighted by atomic mass is 10.1. The smallest absolute Gasteiger partial charge is 0.255 e. The van der Waals surface area contributed by atoms with Crippen molar-refractivity contribution in [3.8, 4) is 0 Å². The van der Waals surface area contributed by atoms with Gasteiger partial charge in [-0.05, 0) is 31.9 Å². The highest BCUT2D eigenvalue weighted by molar-refractivity contribution is 7.17. The fourth-order valence-corrected chi connectivity index (χ4v) is 3.85. The number of benzene rings is 1. The van der Waals surface area contributed by atoms with Crippen molar-refractivity contribution < 1.29 is 9.32 Å². The lowest BCUT2D eigenvalue weighted by Crippen LogP contribution is -2.30. The third kappa shape index (κ3) is 2.11. The van der Waals surface area contributed by atoms with E-state index in [4.69, 9.17) is 4.52 Å². The number of fused-ring (bicyclic) bond motifs is 1. The number of likely N-dealkylation sites (tertiary alicyclic amines) is 1. The minimum Gasteiger partial charge on any atom is -0.359 e. The molecule has 0 saturated carbocycles. The number of rotatable bonds is 2. The molecular weight excluding hydrogens is 298 g/mol. The molecular formula is C16H15N3O2S. The fraction of sp³-hybridized carbons (Fsp3) is 0.312. The minimum absolute atomic E-state index is 0.0168. The van der Waals surface area contributed by atoms with Gasteiger partial charge in [-0.3, -0.25) is 4.79 Å². The first-order valence-corrected chi connectivity index (χ1v) is 8.18. The molecule has 0 spiro atoms. The first kappa shape index (κ1) is 13.5. The van der Waals surface area contributed by atoms with E-state index >= 15 is 0 Å². The number of aryl methyl sites for hydroxylation is 1. The zero-order valence-corrected chi connectivity index (χ0v) is 13.0. The highest BCUT2D eigenvalue weighted by Crippen LogP contribution is 2.35. The summed E-state index contributed by atoms with van der Waals surface area (Å²) in [5.41, 5.74) is 4.23. The maximum absolute atomic E-state index is 13.0. The molecule has 1 saturated heterocycles. The number of thiazole rings is 1. The number of nitrogens with zero attached hydrogens (tertiary/aromatic N) is 3. The van der Waals surface area contributed by atoms with Crippen molar-refractivity contribution in [1.29, 1.82) is 0 Å². The first-order chi connectivity index (χ1) is 10.7. The lowest BCUT2D eigenvalue weighted by molar-refractivity contribution is 0.0717. The SMILES string of the molecule is Cc1cc(C2CCCN2C(=O)c2cccc3ncsc23)on1. The molecule has 1 aromatic carbocycles. The van der Waals surface area contributed by atoms with Gasteiger partial charge < -0.3 is 9.42 Å². The van der Waals surface area contributed by atoms with Crippen molar-refractivity contribution in [3.05, 3.63) is 46.8 Å². The van der Waals surface area contributed by atoms with Crippen LogP contribution in [0.2, 0.25) is 0 Å². The molecule has 4 rings (SSSR count). The molecule has 5 nitrogen and oxygen atoms in total. The van der Waals surface area contributed by atoms with Crippen LogP contribution in [-0.2, 0) is 0 Å². The summed E-state index contributed by atoms with van der Waals surface area (Å²) < 4.78 is 6.33. The summed E-state index contributed by atoms with van der Waals surface area (Å²) in [6, 6.07) is 7.60. The van der Waals surface area contributed by atoms with Crippen molar-refractivity contribution in [1.82, 2.24) is 15.0 Å². The predicted molar refractivity (Wildman–Crippen MR) is 83.9 cm³/mol. The molecule has 6 heteroatoms. The van der Waals surface area contributed by atoms with Crippen molar-refractivity contribution >= 4 is 27.5 Å². The maximum Gasteiger partial charge on any atom is 0.255 e. The Balaban J connectivity index is 1.71. The van der Waals surface area contributed by atoms with Crippen LogP contribution >= 0.6 is 11.3 Å². The molecule has 3 aromatic rings. The van der Waals surface area contributed by atoms with Crippen LogP contribution in [-0.4, -0.2) is 27.5 Å². The Kier molecular flexibility index (Phi) is 3.18. The Morgan fingerprint density at radius 1 is 1.45 bits per heavy atom. The van der Waals surface area contributed by atoms with Crippen LogP contribution in [0.5, 0.6) is 0 Å². The summed E-state index contributed by atoms with van der Waals surface area (Å²) in [6.45, 7) is 2.64. The molecule has 1 amide bonds. The molecule has 0 bridgehead atoms. The number of carbonyl (C=O) groups excluding carboxylic acids is 1. The Morgan fingerprint density at radius 2 is 2.36 bits per heavy atom. The van der Waals surface area contributed by atoms with Gasteiger partial charge in [0.05, 0.1) is 33.0 Å². The molecule has 1 fully saturated rings.